The van der Waals surface area contributed by atoms with E-state index < -0.39 is 9.84 Å². The molecule has 0 radical (unpaired) electrons. The van der Waals surface area contributed by atoms with E-state index in [9.17, 15) is 8.42 Å². The Bertz CT molecular complexity index is 1150. The van der Waals surface area contributed by atoms with Gasteiger partial charge in [-0.3, -0.25) is 0 Å². The van der Waals surface area contributed by atoms with Gasteiger partial charge in [-0.15, -0.1) is 0 Å². The van der Waals surface area contributed by atoms with E-state index in [1.807, 2.05) is 10.6 Å². The fraction of sp³-hybridized carbons (Fsp3) is 0.105. The molecule has 2 aromatic carbocycles. The van der Waals surface area contributed by atoms with E-state index in [1.165, 1.54) is 0 Å². The molecule has 132 valence electrons. The van der Waals surface area contributed by atoms with Crippen LogP contribution in [-0.2, 0) is 22.8 Å². The van der Waals surface area contributed by atoms with E-state index >= 15 is 0 Å². The van der Waals surface area contributed by atoms with Crippen LogP contribution in [0.5, 0.6) is 0 Å². The number of hydrogen-bond acceptors (Lipinski definition) is 3. The molecule has 4 aromatic rings. The number of hydrogen-bond donors (Lipinski definition) is 1. The molecule has 0 aliphatic carbocycles. The van der Waals surface area contributed by atoms with Crippen molar-refractivity contribution in [1.82, 2.24) is 14.5 Å². The lowest BCUT2D eigenvalue weighted by Crippen LogP contribution is -2.02. The van der Waals surface area contributed by atoms with E-state index in [2.05, 4.69) is 9.97 Å². The van der Waals surface area contributed by atoms with Crippen LogP contribution in [0.4, 0.5) is 0 Å². The van der Waals surface area contributed by atoms with Crippen molar-refractivity contribution in [2.24, 2.45) is 0 Å². The van der Waals surface area contributed by atoms with Crippen molar-refractivity contribution in [1.29, 1.82) is 0 Å². The second kappa shape index (κ2) is 6.63. The molecule has 0 aliphatic heterocycles. The number of nitrogens with zero attached hydrogens (tertiary/aromatic N) is 2. The van der Waals surface area contributed by atoms with Gasteiger partial charge in [-0.25, -0.2) is 13.4 Å². The molecule has 0 amide bonds. The zero-order valence-electron chi connectivity index (χ0n) is 13.8. The highest BCUT2D eigenvalue weighted by Gasteiger charge is 2.23. The molecule has 2 heterocycles. The average Bonchev–Trinajstić information content (AvgIpc) is 3.28. The molecular formula is C19H16ClN3O2S. The van der Waals surface area contributed by atoms with Gasteiger partial charge in [0.05, 0.1) is 16.1 Å². The molecule has 0 fully saturated rings. The molecule has 26 heavy (non-hydrogen) atoms. The monoisotopic (exact) mass is 385 g/mol. The molecule has 1 N–H and O–H groups in total. The topological polar surface area (TPSA) is 67.8 Å². The van der Waals surface area contributed by atoms with Gasteiger partial charge in [-0.1, -0.05) is 29.8 Å². The Balaban J connectivity index is 1.83. The summed E-state index contributed by atoms with van der Waals surface area (Å²) < 4.78 is 28.2. The number of rotatable bonds is 5. The number of nitrogens with one attached hydrogen (secondary N) is 1. The third-order valence-electron chi connectivity index (χ3n) is 4.33. The second-order valence-electron chi connectivity index (χ2n) is 5.99. The third-order valence-corrected chi connectivity index (χ3v) is 6.36. The van der Waals surface area contributed by atoms with Crippen molar-refractivity contribution in [2.75, 3.05) is 0 Å². The average molecular weight is 386 g/mol. The highest BCUT2D eigenvalue weighted by atomic mass is 35.5. The van der Waals surface area contributed by atoms with Crippen LogP contribution in [0, 0.1) is 0 Å². The predicted molar refractivity (Wildman–Crippen MR) is 101 cm³/mol. The number of sulfone groups is 1. The van der Waals surface area contributed by atoms with Crippen molar-refractivity contribution < 1.29 is 8.42 Å². The fourth-order valence-electron chi connectivity index (χ4n) is 3.02. The Hall–Kier alpha value is -2.57. The van der Waals surface area contributed by atoms with E-state index in [1.54, 1.807) is 61.2 Å². The molecule has 0 bridgehead atoms. The van der Waals surface area contributed by atoms with Crippen LogP contribution < -0.4 is 0 Å². The minimum Gasteiger partial charge on any atom is -0.348 e. The number of H-pyrrole nitrogens is 1. The molecular weight excluding hydrogens is 370 g/mol. The van der Waals surface area contributed by atoms with Crippen molar-refractivity contribution in [3.63, 3.8) is 0 Å². The lowest BCUT2D eigenvalue weighted by molar-refractivity contribution is 0.596. The summed E-state index contributed by atoms with van der Waals surface area (Å²) in [5.74, 6) is 0. The van der Waals surface area contributed by atoms with Crippen LogP contribution in [0.25, 0.3) is 10.9 Å². The van der Waals surface area contributed by atoms with E-state index in [-0.39, 0.29) is 9.79 Å². The van der Waals surface area contributed by atoms with Crippen molar-refractivity contribution in [3.8, 4) is 0 Å². The first-order chi connectivity index (χ1) is 12.6. The number of aromatic amines is 1. The Morgan fingerprint density at radius 3 is 2.65 bits per heavy atom. The lowest BCUT2D eigenvalue weighted by Gasteiger charge is -2.04. The number of fused-ring (bicyclic) bond motifs is 1. The van der Waals surface area contributed by atoms with Gasteiger partial charge < -0.3 is 9.55 Å². The maximum atomic E-state index is 13.1. The van der Waals surface area contributed by atoms with Gasteiger partial charge in [-0.05, 0) is 30.3 Å². The van der Waals surface area contributed by atoms with Gasteiger partial charge >= 0.3 is 0 Å². The van der Waals surface area contributed by atoms with E-state index in [0.717, 1.165) is 17.6 Å². The van der Waals surface area contributed by atoms with Gasteiger partial charge in [0.1, 0.15) is 0 Å². The summed E-state index contributed by atoms with van der Waals surface area (Å²) in [6.07, 6.45) is 5.81. The Labute approximate surface area is 156 Å². The maximum Gasteiger partial charge on any atom is 0.208 e. The van der Waals surface area contributed by atoms with Gasteiger partial charge in [0.2, 0.25) is 9.84 Å². The van der Waals surface area contributed by atoms with Crippen molar-refractivity contribution >= 4 is 32.3 Å². The third kappa shape index (κ3) is 3.02. The largest absolute Gasteiger partial charge is 0.348 e. The summed E-state index contributed by atoms with van der Waals surface area (Å²) in [7, 11) is -3.63. The van der Waals surface area contributed by atoms with Crippen LogP contribution >= 0.6 is 11.6 Å². The number of aryl methyl sites for hydroxylation is 2. The summed E-state index contributed by atoms with van der Waals surface area (Å²) in [6.45, 7) is 0.630. The minimum atomic E-state index is -3.63. The highest BCUT2D eigenvalue weighted by molar-refractivity contribution is 7.91. The van der Waals surface area contributed by atoms with Gasteiger partial charge in [-0.2, -0.15) is 0 Å². The van der Waals surface area contributed by atoms with Gasteiger partial charge in [0, 0.05) is 47.0 Å². The highest BCUT2D eigenvalue weighted by Crippen LogP contribution is 2.32. The molecule has 4 rings (SSSR count). The van der Waals surface area contributed by atoms with Crippen LogP contribution in [-0.4, -0.2) is 23.0 Å². The number of halogens is 1. The van der Waals surface area contributed by atoms with Crippen LogP contribution in [0.15, 0.2) is 77.0 Å². The zero-order valence-corrected chi connectivity index (χ0v) is 15.3. The van der Waals surface area contributed by atoms with E-state index in [4.69, 9.17) is 11.6 Å². The zero-order chi connectivity index (χ0) is 18.1. The maximum absolute atomic E-state index is 13.1. The number of imidazole rings is 1. The van der Waals surface area contributed by atoms with Crippen molar-refractivity contribution in [3.05, 3.63) is 78.0 Å². The minimum absolute atomic E-state index is 0.269. The molecule has 0 unspecified atom stereocenters. The second-order valence-corrected chi connectivity index (χ2v) is 8.35. The summed E-state index contributed by atoms with van der Waals surface area (Å²) in [4.78, 5) is 7.62. The Morgan fingerprint density at radius 1 is 1.12 bits per heavy atom. The molecule has 0 saturated carbocycles. The summed E-state index contributed by atoms with van der Waals surface area (Å²) in [6, 6.07) is 13.8. The fourth-order valence-corrected chi connectivity index (χ4v) is 4.69. The van der Waals surface area contributed by atoms with Crippen LogP contribution in [0.1, 0.15) is 5.69 Å². The molecule has 5 nitrogen and oxygen atoms in total. The number of aromatic nitrogens is 3. The Kier molecular flexibility index (Phi) is 4.30. The van der Waals surface area contributed by atoms with Gasteiger partial charge in [0.25, 0.3) is 0 Å². The molecule has 0 atom stereocenters. The molecule has 0 saturated heterocycles. The first-order valence-electron chi connectivity index (χ1n) is 8.11. The summed E-state index contributed by atoms with van der Waals surface area (Å²) >= 11 is 6.14. The SMILES string of the molecule is O=S(=O)(c1ccccc1)c1cn(CCc2cnc[nH]2)c2ccc(Cl)cc12. The smallest absolute Gasteiger partial charge is 0.208 e. The first kappa shape index (κ1) is 16.9. The molecule has 7 heteroatoms. The normalized spacial score (nSPS) is 11.9. The summed E-state index contributed by atoms with van der Waals surface area (Å²) in [5, 5.41) is 1.14. The molecule has 0 spiro atoms. The lowest BCUT2D eigenvalue weighted by atomic mass is 10.2. The Morgan fingerprint density at radius 2 is 1.92 bits per heavy atom. The van der Waals surface area contributed by atoms with Crippen LogP contribution in [0.3, 0.4) is 0 Å². The quantitative estimate of drug-likeness (QED) is 0.562. The number of benzene rings is 2. The van der Waals surface area contributed by atoms with Gasteiger partial charge in [0.15, 0.2) is 0 Å². The van der Waals surface area contributed by atoms with E-state index in [0.29, 0.717) is 17.0 Å². The molecule has 2 aromatic heterocycles. The first-order valence-corrected chi connectivity index (χ1v) is 9.97. The standard InChI is InChI=1S/C19H16ClN3O2S/c20-14-6-7-18-17(10-14)19(26(24,25)16-4-2-1-3-5-16)12-23(18)9-8-15-11-21-13-22-15/h1-7,10-13H,8-9H2,(H,21,22). The van der Waals surface area contributed by atoms with Crippen molar-refractivity contribution in [2.45, 2.75) is 22.8 Å². The van der Waals surface area contributed by atoms with Crippen LogP contribution in [0.2, 0.25) is 5.02 Å². The predicted octanol–water partition coefficient (Wildman–Crippen LogP) is 4.09. The summed E-state index contributed by atoms with van der Waals surface area (Å²) in [5.41, 5.74) is 1.83. The molecule has 0 aliphatic rings.